The van der Waals surface area contributed by atoms with Crippen LogP contribution in [0.15, 0.2) is 30.3 Å². The third kappa shape index (κ3) is 3.79. The molecule has 0 saturated heterocycles. The van der Waals surface area contributed by atoms with Gasteiger partial charge in [0, 0.05) is 5.56 Å². The van der Waals surface area contributed by atoms with Crippen LogP contribution in [-0.4, -0.2) is 39.3 Å². The van der Waals surface area contributed by atoms with Gasteiger partial charge in [-0.15, -0.1) is 0 Å². The zero-order chi connectivity index (χ0) is 15.1. The summed E-state index contributed by atoms with van der Waals surface area (Å²) in [5, 5.41) is 34.5. The lowest BCUT2D eigenvalue weighted by Gasteiger charge is -2.09. The fourth-order valence-corrected chi connectivity index (χ4v) is 1.55. The molecule has 8 nitrogen and oxygen atoms in total. The molecule has 0 aliphatic carbocycles. The Morgan fingerprint density at radius 2 is 1.65 bits per heavy atom. The van der Waals surface area contributed by atoms with Gasteiger partial charge in [0.1, 0.15) is 6.61 Å². The number of carboxylic acid groups (broad SMARTS) is 2. The second kappa shape index (κ2) is 7.24. The van der Waals surface area contributed by atoms with Crippen molar-refractivity contribution < 1.29 is 40.1 Å². The van der Waals surface area contributed by atoms with Gasteiger partial charge in [0.05, 0.1) is 0 Å². The first kappa shape index (κ1) is 15.6. The highest BCUT2D eigenvalue weighted by molar-refractivity contribution is 5.99. The number of aliphatic carboxylic acids is 2. The molecule has 1 rings (SSSR count). The van der Waals surface area contributed by atoms with Gasteiger partial charge in [-0.1, -0.05) is 24.3 Å². The molecule has 0 unspecified atom stereocenters. The zero-order valence-corrected chi connectivity index (χ0v) is 10.1. The topological polar surface area (TPSA) is 134 Å². The number of benzene rings is 1. The molecule has 0 spiro atoms. The van der Waals surface area contributed by atoms with Gasteiger partial charge in [-0.2, -0.15) is 0 Å². The van der Waals surface area contributed by atoms with Gasteiger partial charge in [0.25, 0.3) is 0 Å². The maximum absolute atomic E-state index is 10.9. The van der Waals surface area contributed by atoms with Crippen LogP contribution in [-0.2, 0) is 19.4 Å². The van der Waals surface area contributed by atoms with Crippen LogP contribution in [0.3, 0.4) is 0 Å². The summed E-state index contributed by atoms with van der Waals surface area (Å²) in [5.74, 6) is -4.67. The maximum Gasteiger partial charge on any atom is 0.322 e. The second-order valence-corrected chi connectivity index (χ2v) is 3.69. The lowest BCUT2D eigenvalue weighted by atomic mass is 9.98. The Balaban J connectivity index is 3.03. The Morgan fingerprint density at radius 1 is 1.10 bits per heavy atom. The number of hydrogen-bond acceptors (Lipinski definition) is 6. The van der Waals surface area contributed by atoms with Gasteiger partial charge in [0.15, 0.2) is 11.7 Å². The van der Waals surface area contributed by atoms with Gasteiger partial charge in [0.2, 0.25) is 0 Å². The normalized spacial score (nSPS) is 11.4. The van der Waals surface area contributed by atoms with Gasteiger partial charge in [-0.25, -0.2) is 10.1 Å². The zero-order valence-electron chi connectivity index (χ0n) is 10.1. The first-order valence-electron chi connectivity index (χ1n) is 5.35. The van der Waals surface area contributed by atoms with Crippen molar-refractivity contribution in [2.45, 2.75) is 5.92 Å². The Bertz CT molecular complexity index is 491. The molecule has 108 valence electrons. The van der Waals surface area contributed by atoms with Crippen molar-refractivity contribution in [2.24, 2.45) is 0 Å². The molecule has 0 aromatic heterocycles. The molecule has 1 aromatic carbocycles. The van der Waals surface area contributed by atoms with Crippen LogP contribution in [0.4, 0.5) is 0 Å². The van der Waals surface area contributed by atoms with E-state index in [0.29, 0.717) is 5.56 Å². The third-order valence-corrected chi connectivity index (χ3v) is 2.46. The van der Waals surface area contributed by atoms with E-state index in [1.807, 2.05) is 0 Å². The molecule has 4 N–H and O–H groups in total. The molecule has 1 aromatic rings. The minimum absolute atomic E-state index is 0.0344. The third-order valence-electron chi connectivity index (χ3n) is 2.46. The average molecular weight is 284 g/mol. The lowest BCUT2D eigenvalue weighted by Crippen LogP contribution is -2.20. The van der Waals surface area contributed by atoms with Gasteiger partial charge < -0.3 is 15.1 Å². The summed E-state index contributed by atoms with van der Waals surface area (Å²) in [4.78, 5) is 29.6. The summed E-state index contributed by atoms with van der Waals surface area (Å²) >= 11 is 0. The van der Waals surface area contributed by atoms with Gasteiger partial charge in [-0.3, -0.25) is 14.8 Å². The van der Waals surface area contributed by atoms with Crippen LogP contribution in [0.2, 0.25) is 0 Å². The highest BCUT2D eigenvalue weighted by Gasteiger charge is 2.27. The predicted molar refractivity (Wildman–Crippen MR) is 64.7 cm³/mol. The summed E-state index contributed by atoms with van der Waals surface area (Å²) < 4.78 is 0. The van der Waals surface area contributed by atoms with Gasteiger partial charge in [-0.05, 0) is 11.6 Å². The molecule has 0 aliphatic heterocycles. The second-order valence-electron chi connectivity index (χ2n) is 3.69. The number of carbonyl (C=O) groups is 2. The molecule has 0 aliphatic rings. The Labute approximate surface area is 113 Å². The highest BCUT2D eigenvalue weighted by Crippen LogP contribution is 2.21. The van der Waals surface area contributed by atoms with Crippen molar-refractivity contribution in [1.29, 1.82) is 0 Å². The van der Waals surface area contributed by atoms with Crippen LogP contribution in [0.25, 0.3) is 5.76 Å². The fraction of sp³-hybridized carbons (Fsp3) is 0.167. The van der Waals surface area contributed by atoms with Gasteiger partial charge >= 0.3 is 11.9 Å². The summed E-state index contributed by atoms with van der Waals surface area (Å²) in [6, 6.07) is 5.31. The predicted octanol–water partition coefficient (Wildman–Crippen LogP) is 1.26. The Morgan fingerprint density at radius 3 is 2.05 bits per heavy atom. The summed E-state index contributed by atoms with van der Waals surface area (Å²) in [6.07, 6.45) is 1.22. The Kier molecular flexibility index (Phi) is 5.66. The van der Waals surface area contributed by atoms with Crippen LogP contribution in [0.1, 0.15) is 17.0 Å². The first-order valence-corrected chi connectivity index (χ1v) is 5.35. The van der Waals surface area contributed by atoms with E-state index in [0.717, 1.165) is 0 Å². The molecular formula is C12H12O8. The largest absolute Gasteiger partial charge is 0.480 e. The van der Waals surface area contributed by atoms with Crippen molar-refractivity contribution in [3.05, 3.63) is 41.5 Å². The number of rotatable bonds is 7. The molecule has 8 heteroatoms. The van der Waals surface area contributed by atoms with E-state index in [1.165, 1.54) is 30.3 Å². The van der Waals surface area contributed by atoms with Crippen LogP contribution in [0.5, 0.6) is 0 Å². The maximum atomic E-state index is 10.9. The van der Waals surface area contributed by atoms with Crippen LogP contribution in [0, 0.1) is 0 Å². The van der Waals surface area contributed by atoms with E-state index in [4.69, 9.17) is 20.7 Å². The van der Waals surface area contributed by atoms with E-state index >= 15 is 0 Å². The van der Waals surface area contributed by atoms with E-state index in [-0.39, 0.29) is 17.9 Å². The molecule has 0 amide bonds. The van der Waals surface area contributed by atoms with Crippen molar-refractivity contribution in [3.63, 3.8) is 0 Å². The van der Waals surface area contributed by atoms with E-state index in [2.05, 4.69) is 9.78 Å². The number of carboxylic acids is 2. The SMILES string of the molecule is O=C(O)C(C(=O)O)c1ccc(C(=CCOO)OO)cc1. The summed E-state index contributed by atoms with van der Waals surface area (Å²) in [5.41, 5.74) is 0.423. The molecule has 0 saturated carbocycles. The molecular weight excluding hydrogens is 272 g/mol. The van der Waals surface area contributed by atoms with Crippen LogP contribution >= 0.6 is 0 Å². The minimum Gasteiger partial charge on any atom is -0.480 e. The standard InChI is InChI=1S/C12H12O8/c13-11(14)10(12(15)16)8-3-1-7(2-4-8)9(20-18)5-6-19-17/h1-5,10,17-18H,6H2,(H,13,14)(H,15,16). The van der Waals surface area contributed by atoms with E-state index < -0.39 is 17.9 Å². The fourth-order valence-electron chi connectivity index (χ4n) is 1.55. The summed E-state index contributed by atoms with van der Waals surface area (Å²) in [6.45, 7) is -0.232. The van der Waals surface area contributed by atoms with E-state index in [9.17, 15) is 9.59 Å². The van der Waals surface area contributed by atoms with Crippen LogP contribution < -0.4 is 0 Å². The quantitative estimate of drug-likeness (QED) is 0.254. The van der Waals surface area contributed by atoms with Crippen molar-refractivity contribution in [2.75, 3.05) is 6.61 Å². The smallest absolute Gasteiger partial charge is 0.322 e. The molecule has 0 heterocycles. The number of hydrogen-bond donors (Lipinski definition) is 4. The highest BCUT2D eigenvalue weighted by atomic mass is 17.1. The molecule has 0 bridgehead atoms. The average Bonchev–Trinajstić information content (AvgIpc) is 2.40. The van der Waals surface area contributed by atoms with Crippen molar-refractivity contribution >= 4 is 17.7 Å². The van der Waals surface area contributed by atoms with E-state index in [1.54, 1.807) is 0 Å². The minimum atomic E-state index is -1.67. The van der Waals surface area contributed by atoms with Crippen molar-refractivity contribution in [3.8, 4) is 0 Å². The molecule has 0 fully saturated rings. The monoisotopic (exact) mass is 284 g/mol. The lowest BCUT2D eigenvalue weighted by molar-refractivity contribution is -0.232. The first-order chi connectivity index (χ1) is 9.51. The molecule has 0 radical (unpaired) electrons. The molecule has 0 atom stereocenters. The summed E-state index contributed by atoms with van der Waals surface area (Å²) in [7, 11) is 0. The van der Waals surface area contributed by atoms with Crippen molar-refractivity contribution in [1.82, 2.24) is 0 Å². The Hall–Kier alpha value is -2.42. The molecule has 20 heavy (non-hydrogen) atoms.